The predicted octanol–water partition coefficient (Wildman–Crippen LogP) is 5.97. The molecule has 0 radical (unpaired) electrons. The molecular formula is C26H41NO4Si2. The van der Waals surface area contributed by atoms with Crippen molar-refractivity contribution >= 4 is 22.5 Å². The van der Waals surface area contributed by atoms with E-state index in [0.717, 1.165) is 5.56 Å². The number of benzene rings is 1. The highest BCUT2D eigenvalue weighted by atomic mass is 28.4. The van der Waals surface area contributed by atoms with Crippen molar-refractivity contribution in [3.63, 3.8) is 0 Å². The summed E-state index contributed by atoms with van der Waals surface area (Å²) in [7, 11) is -3.99. The van der Waals surface area contributed by atoms with Crippen molar-refractivity contribution in [2.24, 2.45) is 4.99 Å². The van der Waals surface area contributed by atoms with Crippen LogP contribution in [-0.2, 0) is 18.3 Å². The van der Waals surface area contributed by atoms with Crippen LogP contribution >= 0.6 is 0 Å². The lowest BCUT2D eigenvalue weighted by Gasteiger charge is -2.41. The summed E-state index contributed by atoms with van der Waals surface area (Å²) in [6.45, 7) is 23.0. The van der Waals surface area contributed by atoms with Gasteiger partial charge in [0, 0.05) is 5.56 Å². The zero-order chi connectivity index (χ0) is 24.7. The van der Waals surface area contributed by atoms with Crippen LogP contribution in [0.15, 0.2) is 35.3 Å². The van der Waals surface area contributed by atoms with Gasteiger partial charge in [-0.05, 0) is 54.3 Å². The number of ether oxygens (including phenoxy) is 2. The van der Waals surface area contributed by atoms with Crippen LogP contribution in [0.2, 0.25) is 36.3 Å². The van der Waals surface area contributed by atoms with E-state index in [1.165, 1.54) is 0 Å². The van der Waals surface area contributed by atoms with Gasteiger partial charge in [-0.15, -0.1) is 0 Å². The second-order valence-electron chi connectivity index (χ2n) is 12.1. The molecule has 0 saturated carbocycles. The van der Waals surface area contributed by atoms with Crippen LogP contribution in [0.25, 0.3) is 0 Å². The molecule has 1 aromatic carbocycles. The Bertz CT molecular complexity index is 920. The van der Waals surface area contributed by atoms with Gasteiger partial charge < -0.3 is 18.3 Å². The standard InChI is InChI=1S/C26H41NO4Si2/c1-25(2,3)32(7,8)28-18-20-22(31-33(9,10)26(4,5)6)23-24(29-20)27-21(30-23)17-16-19-14-12-11-13-15-19/h11-15,20,22-24H,18H2,1-10H3/t20-,22+,23-,24+/m1/s1. The first kappa shape index (κ1) is 26.2. The molecule has 5 nitrogen and oxygen atoms in total. The summed E-state index contributed by atoms with van der Waals surface area (Å²) in [6, 6.07) is 9.85. The molecule has 2 aliphatic rings. The molecule has 33 heavy (non-hydrogen) atoms. The quantitative estimate of drug-likeness (QED) is 0.379. The van der Waals surface area contributed by atoms with Crippen molar-refractivity contribution in [2.45, 2.75) is 102 Å². The Hall–Kier alpha value is -1.44. The molecule has 2 heterocycles. The van der Waals surface area contributed by atoms with E-state index in [4.69, 9.17) is 18.3 Å². The molecule has 0 aromatic heterocycles. The van der Waals surface area contributed by atoms with Crippen molar-refractivity contribution in [1.82, 2.24) is 0 Å². The predicted molar refractivity (Wildman–Crippen MR) is 140 cm³/mol. The van der Waals surface area contributed by atoms with Gasteiger partial charge in [0.2, 0.25) is 0 Å². The minimum atomic E-state index is -2.07. The first-order valence-corrected chi connectivity index (χ1v) is 17.7. The fourth-order valence-electron chi connectivity index (χ4n) is 3.22. The van der Waals surface area contributed by atoms with Crippen molar-refractivity contribution in [1.29, 1.82) is 0 Å². The Morgan fingerprint density at radius 3 is 2.09 bits per heavy atom. The van der Waals surface area contributed by atoms with Gasteiger partial charge in [0.15, 0.2) is 29.0 Å². The lowest BCUT2D eigenvalue weighted by atomic mass is 10.1. The smallest absolute Gasteiger partial charge is 0.266 e. The third-order valence-electron chi connectivity index (χ3n) is 7.52. The minimum absolute atomic E-state index is 0.0747. The van der Waals surface area contributed by atoms with Gasteiger partial charge in [-0.25, -0.2) is 4.99 Å². The first-order chi connectivity index (χ1) is 15.1. The average Bonchev–Trinajstić information content (AvgIpc) is 3.22. The minimum Gasteiger partial charge on any atom is -0.460 e. The summed E-state index contributed by atoms with van der Waals surface area (Å²) < 4.78 is 26.0. The van der Waals surface area contributed by atoms with Crippen LogP contribution in [0.4, 0.5) is 0 Å². The Morgan fingerprint density at radius 1 is 0.909 bits per heavy atom. The molecule has 1 saturated heterocycles. The largest absolute Gasteiger partial charge is 0.460 e. The highest BCUT2D eigenvalue weighted by Gasteiger charge is 2.54. The van der Waals surface area contributed by atoms with Gasteiger partial charge >= 0.3 is 0 Å². The van der Waals surface area contributed by atoms with Gasteiger partial charge in [0.25, 0.3) is 5.90 Å². The van der Waals surface area contributed by atoms with Crippen molar-refractivity contribution in [3.05, 3.63) is 35.9 Å². The number of rotatable bonds is 5. The van der Waals surface area contributed by atoms with E-state index in [0.29, 0.717) is 12.5 Å². The molecular weight excluding hydrogens is 446 g/mol. The molecule has 0 spiro atoms. The van der Waals surface area contributed by atoms with Gasteiger partial charge in [-0.1, -0.05) is 65.7 Å². The molecule has 0 unspecified atom stereocenters. The maximum absolute atomic E-state index is 6.85. The highest BCUT2D eigenvalue weighted by Crippen LogP contribution is 2.42. The van der Waals surface area contributed by atoms with Crippen LogP contribution in [0.5, 0.6) is 0 Å². The van der Waals surface area contributed by atoms with Crippen LogP contribution in [0.1, 0.15) is 47.1 Å². The fraction of sp³-hybridized carbons (Fsp3) is 0.654. The van der Waals surface area contributed by atoms with E-state index in [1.807, 2.05) is 30.3 Å². The molecule has 7 heteroatoms. The van der Waals surface area contributed by atoms with Gasteiger partial charge in [0.1, 0.15) is 12.2 Å². The van der Waals surface area contributed by atoms with Gasteiger partial charge in [0.05, 0.1) is 6.61 Å². The summed E-state index contributed by atoms with van der Waals surface area (Å²) in [5, 5.41) is 0.206. The number of aliphatic imine (C=N–C) groups is 1. The summed E-state index contributed by atoms with van der Waals surface area (Å²) in [4.78, 5) is 4.64. The summed E-state index contributed by atoms with van der Waals surface area (Å²) in [5.41, 5.74) is 0.927. The van der Waals surface area contributed by atoms with Crippen molar-refractivity contribution in [3.8, 4) is 11.8 Å². The summed E-state index contributed by atoms with van der Waals surface area (Å²) in [5.74, 6) is 6.60. The van der Waals surface area contributed by atoms with Crippen molar-refractivity contribution < 1.29 is 18.3 Å². The van der Waals surface area contributed by atoms with Crippen LogP contribution in [-0.4, -0.2) is 53.7 Å². The maximum atomic E-state index is 6.85. The van der Waals surface area contributed by atoms with Gasteiger partial charge in [-0.3, -0.25) is 0 Å². The highest BCUT2D eigenvalue weighted by molar-refractivity contribution is 6.74. The van der Waals surface area contributed by atoms with E-state index in [1.54, 1.807) is 0 Å². The van der Waals surface area contributed by atoms with E-state index in [2.05, 4.69) is 84.6 Å². The normalized spacial score (nSPS) is 25.7. The Morgan fingerprint density at radius 2 is 1.52 bits per heavy atom. The number of hydrogen-bond acceptors (Lipinski definition) is 5. The zero-order valence-corrected chi connectivity index (χ0v) is 24.0. The number of nitrogens with zero attached hydrogens (tertiary/aromatic N) is 1. The fourth-order valence-corrected chi connectivity index (χ4v) is 5.56. The Kier molecular flexibility index (Phi) is 7.38. The van der Waals surface area contributed by atoms with E-state index in [-0.39, 0.29) is 28.4 Å². The Balaban J connectivity index is 1.79. The zero-order valence-electron chi connectivity index (χ0n) is 22.0. The molecule has 4 atom stereocenters. The second kappa shape index (κ2) is 9.31. The lowest BCUT2D eigenvalue weighted by Crippen LogP contribution is -2.51. The topological polar surface area (TPSA) is 49.3 Å². The van der Waals surface area contributed by atoms with E-state index < -0.39 is 22.9 Å². The van der Waals surface area contributed by atoms with Gasteiger partial charge in [-0.2, -0.15) is 0 Å². The molecule has 2 aliphatic heterocycles. The van der Waals surface area contributed by atoms with Crippen LogP contribution in [0, 0.1) is 11.8 Å². The summed E-state index contributed by atoms with van der Waals surface area (Å²) >= 11 is 0. The Labute approximate surface area is 202 Å². The van der Waals surface area contributed by atoms with Crippen molar-refractivity contribution in [2.75, 3.05) is 6.61 Å². The third kappa shape index (κ3) is 5.98. The molecule has 3 rings (SSSR count). The lowest BCUT2D eigenvalue weighted by molar-refractivity contribution is -0.0135. The van der Waals surface area contributed by atoms with Crippen LogP contribution in [0.3, 0.4) is 0 Å². The maximum Gasteiger partial charge on any atom is 0.266 e. The molecule has 1 aromatic rings. The monoisotopic (exact) mass is 487 g/mol. The average molecular weight is 488 g/mol. The summed E-state index contributed by atoms with van der Waals surface area (Å²) in [6.07, 6.45) is -1.16. The molecule has 0 aliphatic carbocycles. The molecule has 182 valence electrons. The second-order valence-corrected chi connectivity index (χ2v) is 21.7. The molecule has 0 N–H and O–H groups in total. The SMILES string of the molecule is CC(C)(C)[Si](C)(C)OC[C@H]1O[C@@H]2N=C(C#Cc3ccccc3)O[C@@H]2[C@H]1O[Si](C)(C)C(C)(C)C. The first-order valence-electron chi connectivity index (χ1n) is 11.9. The third-order valence-corrected chi connectivity index (χ3v) is 16.5. The molecule has 1 fully saturated rings. The molecule has 0 bridgehead atoms. The number of hydrogen-bond donors (Lipinski definition) is 0. The van der Waals surface area contributed by atoms with Crippen LogP contribution < -0.4 is 0 Å². The van der Waals surface area contributed by atoms with E-state index in [9.17, 15) is 0 Å². The molecule has 0 amide bonds. The van der Waals surface area contributed by atoms with E-state index >= 15 is 0 Å². The number of fused-ring (bicyclic) bond motifs is 1.